The fourth-order valence-electron chi connectivity index (χ4n) is 1.41. The van der Waals surface area contributed by atoms with Crippen molar-refractivity contribution in [3.8, 4) is 0 Å². The molecule has 0 spiro atoms. The Balaban J connectivity index is 2.24. The van der Waals surface area contributed by atoms with Gasteiger partial charge in [-0.15, -0.1) is 0 Å². The lowest BCUT2D eigenvalue weighted by atomic mass is 10.1. The lowest BCUT2D eigenvalue weighted by Crippen LogP contribution is -2.48. The van der Waals surface area contributed by atoms with Crippen molar-refractivity contribution in [2.75, 3.05) is 23.7 Å². The molecular formula is C9H10BrFN2. The maximum Gasteiger partial charge on any atom is 0.135 e. The normalized spacial score (nSPS) is 17.2. The maximum absolute atomic E-state index is 12.6. The summed E-state index contributed by atoms with van der Waals surface area (Å²) in [5.74, 6) is 0. The molecule has 2 rings (SSSR count). The van der Waals surface area contributed by atoms with E-state index in [9.17, 15) is 4.39 Å². The summed E-state index contributed by atoms with van der Waals surface area (Å²) in [6.45, 7) is 0.918. The molecule has 1 aliphatic heterocycles. The number of anilines is 2. The third kappa shape index (κ3) is 1.63. The number of hydrogen-bond donors (Lipinski definition) is 1. The van der Waals surface area contributed by atoms with Crippen molar-refractivity contribution in [2.45, 2.75) is 6.17 Å². The van der Waals surface area contributed by atoms with Crippen molar-refractivity contribution in [3.05, 3.63) is 22.7 Å². The second-order valence-corrected chi connectivity index (χ2v) is 4.12. The fraction of sp³-hybridized carbons (Fsp3) is 0.333. The van der Waals surface area contributed by atoms with Crippen LogP contribution in [0.1, 0.15) is 0 Å². The van der Waals surface area contributed by atoms with Gasteiger partial charge in [-0.3, -0.25) is 0 Å². The molecule has 2 nitrogen and oxygen atoms in total. The highest BCUT2D eigenvalue weighted by Crippen LogP contribution is 2.30. The van der Waals surface area contributed by atoms with Crippen LogP contribution in [0.25, 0.3) is 0 Å². The zero-order chi connectivity index (χ0) is 9.42. The Morgan fingerprint density at radius 3 is 2.77 bits per heavy atom. The zero-order valence-corrected chi connectivity index (χ0v) is 8.59. The molecule has 13 heavy (non-hydrogen) atoms. The molecule has 1 aromatic rings. The second-order valence-electron chi connectivity index (χ2n) is 3.21. The van der Waals surface area contributed by atoms with Gasteiger partial charge >= 0.3 is 0 Å². The van der Waals surface area contributed by atoms with Gasteiger partial charge in [-0.2, -0.15) is 0 Å². The SMILES string of the molecule is Nc1ccc(Br)cc1N1CC(F)C1. The number of nitrogen functional groups attached to an aromatic ring is 1. The summed E-state index contributed by atoms with van der Waals surface area (Å²) in [7, 11) is 0. The van der Waals surface area contributed by atoms with Crippen LogP contribution in [0.2, 0.25) is 0 Å². The largest absolute Gasteiger partial charge is 0.397 e. The van der Waals surface area contributed by atoms with Crippen molar-refractivity contribution in [2.24, 2.45) is 0 Å². The predicted octanol–water partition coefficient (Wildman–Crippen LogP) is 2.19. The van der Waals surface area contributed by atoms with E-state index in [0.29, 0.717) is 18.8 Å². The number of hydrogen-bond acceptors (Lipinski definition) is 2. The van der Waals surface area contributed by atoms with Crippen LogP contribution in [0.4, 0.5) is 15.8 Å². The van der Waals surface area contributed by atoms with Gasteiger partial charge in [0.25, 0.3) is 0 Å². The van der Waals surface area contributed by atoms with E-state index in [-0.39, 0.29) is 0 Å². The van der Waals surface area contributed by atoms with Crippen LogP contribution in [0.3, 0.4) is 0 Å². The summed E-state index contributed by atoms with van der Waals surface area (Å²) in [5, 5.41) is 0. The molecule has 0 radical (unpaired) electrons. The Morgan fingerprint density at radius 2 is 2.15 bits per heavy atom. The molecule has 0 saturated carbocycles. The third-order valence-electron chi connectivity index (χ3n) is 2.17. The lowest BCUT2D eigenvalue weighted by Gasteiger charge is -2.37. The zero-order valence-electron chi connectivity index (χ0n) is 7.00. The van der Waals surface area contributed by atoms with Gasteiger partial charge in [0.2, 0.25) is 0 Å². The van der Waals surface area contributed by atoms with Gasteiger partial charge in [0.05, 0.1) is 24.5 Å². The fourth-order valence-corrected chi connectivity index (χ4v) is 1.76. The number of benzene rings is 1. The van der Waals surface area contributed by atoms with Crippen LogP contribution in [-0.4, -0.2) is 19.3 Å². The highest BCUT2D eigenvalue weighted by molar-refractivity contribution is 9.10. The topological polar surface area (TPSA) is 29.3 Å². The highest BCUT2D eigenvalue weighted by Gasteiger charge is 2.27. The van der Waals surface area contributed by atoms with Crippen LogP contribution in [-0.2, 0) is 0 Å². The van der Waals surface area contributed by atoms with E-state index in [1.807, 2.05) is 23.1 Å². The Hall–Kier alpha value is -0.770. The monoisotopic (exact) mass is 244 g/mol. The van der Waals surface area contributed by atoms with E-state index in [1.165, 1.54) is 0 Å². The standard InChI is InChI=1S/C9H10BrFN2/c10-6-1-2-8(12)9(3-6)13-4-7(11)5-13/h1-3,7H,4-5,12H2. The predicted molar refractivity (Wildman–Crippen MR) is 55.7 cm³/mol. The second kappa shape index (κ2) is 3.18. The first-order valence-corrected chi connectivity index (χ1v) is 4.90. The van der Waals surface area contributed by atoms with E-state index in [4.69, 9.17) is 5.73 Å². The van der Waals surface area contributed by atoms with Gasteiger partial charge in [0.15, 0.2) is 0 Å². The van der Waals surface area contributed by atoms with Gasteiger partial charge in [-0.05, 0) is 18.2 Å². The number of rotatable bonds is 1. The van der Waals surface area contributed by atoms with Crippen molar-refractivity contribution < 1.29 is 4.39 Å². The summed E-state index contributed by atoms with van der Waals surface area (Å²) in [6.07, 6.45) is -0.696. The smallest absolute Gasteiger partial charge is 0.135 e. The lowest BCUT2D eigenvalue weighted by molar-refractivity contribution is 0.275. The molecule has 0 aliphatic carbocycles. The third-order valence-corrected chi connectivity index (χ3v) is 2.66. The molecule has 0 bridgehead atoms. The minimum atomic E-state index is -0.696. The summed E-state index contributed by atoms with van der Waals surface area (Å²) in [4.78, 5) is 1.94. The van der Waals surface area contributed by atoms with Crippen molar-refractivity contribution >= 4 is 27.3 Å². The van der Waals surface area contributed by atoms with Gasteiger partial charge in [-0.1, -0.05) is 15.9 Å². The Kier molecular flexibility index (Phi) is 2.15. The number of halogens is 2. The number of nitrogens with zero attached hydrogens (tertiary/aromatic N) is 1. The Morgan fingerprint density at radius 1 is 1.46 bits per heavy atom. The van der Waals surface area contributed by atoms with Crippen molar-refractivity contribution in [3.63, 3.8) is 0 Å². The van der Waals surface area contributed by atoms with Crippen LogP contribution < -0.4 is 10.6 Å². The van der Waals surface area contributed by atoms with E-state index in [1.54, 1.807) is 0 Å². The molecule has 4 heteroatoms. The van der Waals surface area contributed by atoms with Crippen LogP contribution in [0, 0.1) is 0 Å². The molecule has 2 N–H and O–H groups in total. The molecular weight excluding hydrogens is 235 g/mol. The first-order chi connectivity index (χ1) is 6.16. The Bertz CT molecular complexity index is 323. The van der Waals surface area contributed by atoms with E-state index in [0.717, 1.165) is 10.2 Å². The van der Waals surface area contributed by atoms with E-state index in [2.05, 4.69) is 15.9 Å². The number of alkyl halides is 1. The Labute approximate surface area is 84.7 Å². The van der Waals surface area contributed by atoms with E-state index < -0.39 is 6.17 Å². The van der Waals surface area contributed by atoms with Crippen molar-refractivity contribution in [1.29, 1.82) is 0 Å². The molecule has 0 unspecified atom stereocenters. The summed E-state index contributed by atoms with van der Waals surface area (Å²) in [6, 6.07) is 5.62. The maximum atomic E-state index is 12.6. The van der Waals surface area contributed by atoms with E-state index >= 15 is 0 Å². The van der Waals surface area contributed by atoms with Crippen molar-refractivity contribution in [1.82, 2.24) is 0 Å². The average Bonchev–Trinajstić information content (AvgIpc) is 2.04. The van der Waals surface area contributed by atoms with Crippen LogP contribution in [0.5, 0.6) is 0 Å². The van der Waals surface area contributed by atoms with Crippen LogP contribution >= 0.6 is 15.9 Å². The van der Waals surface area contributed by atoms with Gasteiger partial charge in [0.1, 0.15) is 6.17 Å². The molecule has 1 heterocycles. The number of nitrogens with two attached hydrogens (primary N) is 1. The molecule has 70 valence electrons. The minimum Gasteiger partial charge on any atom is -0.397 e. The average molecular weight is 245 g/mol. The quantitative estimate of drug-likeness (QED) is 0.768. The van der Waals surface area contributed by atoms with Gasteiger partial charge in [-0.25, -0.2) is 4.39 Å². The summed E-state index contributed by atoms with van der Waals surface area (Å²) in [5.41, 5.74) is 7.38. The van der Waals surface area contributed by atoms with Crippen LogP contribution in [0.15, 0.2) is 22.7 Å². The summed E-state index contributed by atoms with van der Waals surface area (Å²) < 4.78 is 13.6. The molecule has 1 aliphatic rings. The van der Waals surface area contributed by atoms with Gasteiger partial charge < -0.3 is 10.6 Å². The first kappa shape index (κ1) is 8.81. The molecule has 1 fully saturated rings. The molecule has 0 aromatic heterocycles. The molecule has 1 aromatic carbocycles. The molecule has 1 saturated heterocycles. The minimum absolute atomic E-state index is 0.459. The first-order valence-electron chi connectivity index (χ1n) is 4.11. The molecule has 0 atom stereocenters. The molecule has 0 amide bonds. The highest BCUT2D eigenvalue weighted by atomic mass is 79.9. The van der Waals surface area contributed by atoms with Gasteiger partial charge in [0, 0.05) is 4.47 Å². The summed E-state index contributed by atoms with van der Waals surface area (Å²) >= 11 is 3.36.